The Labute approximate surface area is 211 Å². The molecule has 0 bridgehead atoms. The third-order valence-electron chi connectivity index (χ3n) is 4.33. The average Bonchev–Trinajstić information content (AvgIpc) is 2.74. The number of aliphatic imine (C=N–C) groups is 1. The van der Waals surface area contributed by atoms with Crippen molar-refractivity contribution in [1.29, 1.82) is 0 Å². The molecule has 2 aromatic carbocycles. The molecular formula is C27H34FN3O5. The summed E-state index contributed by atoms with van der Waals surface area (Å²) in [6.07, 6.45) is 0.0560. The van der Waals surface area contributed by atoms with Crippen LogP contribution in [0.3, 0.4) is 0 Å². The number of halogens is 1. The number of carbonyl (C=O) groups is 2. The van der Waals surface area contributed by atoms with Gasteiger partial charge in [0.15, 0.2) is 0 Å². The number of ether oxygens (including phenoxy) is 3. The topological polar surface area (TPSA) is 98.3 Å². The van der Waals surface area contributed by atoms with E-state index in [9.17, 15) is 14.0 Å². The summed E-state index contributed by atoms with van der Waals surface area (Å²) in [6.45, 7) is 14.2. The highest BCUT2D eigenvalue weighted by Crippen LogP contribution is 2.22. The molecule has 0 aliphatic heterocycles. The van der Waals surface area contributed by atoms with Crippen LogP contribution in [0.4, 0.5) is 14.0 Å². The number of amides is 2. The summed E-state index contributed by atoms with van der Waals surface area (Å²) >= 11 is 0. The SMILES string of the molecule is C=Cc1ccc(F)cc1COc1ccccc1CN=C(NC(=O)OC(C)(C)C)NC(=O)OC(C)(C)C. The third kappa shape index (κ3) is 10.2. The number of benzene rings is 2. The maximum Gasteiger partial charge on any atom is 0.414 e. The van der Waals surface area contributed by atoms with Crippen molar-refractivity contribution < 1.29 is 28.2 Å². The highest BCUT2D eigenvalue weighted by Gasteiger charge is 2.21. The van der Waals surface area contributed by atoms with E-state index in [0.29, 0.717) is 16.9 Å². The number of hydrogen-bond donors (Lipinski definition) is 2. The average molecular weight is 500 g/mol. The van der Waals surface area contributed by atoms with E-state index >= 15 is 0 Å². The van der Waals surface area contributed by atoms with Crippen molar-refractivity contribution in [3.8, 4) is 5.75 Å². The van der Waals surface area contributed by atoms with Crippen LogP contribution >= 0.6 is 0 Å². The van der Waals surface area contributed by atoms with Crippen molar-refractivity contribution in [3.63, 3.8) is 0 Å². The van der Waals surface area contributed by atoms with Gasteiger partial charge in [0.05, 0.1) is 6.54 Å². The van der Waals surface area contributed by atoms with E-state index in [2.05, 4.69) is 22.2 Å². The van der Waals surface area contributed by atoms with E-state index in [1.165, 1.54) is 12.1 Å². The molecule has 2 N–H and O–H groups in total. The molecule has 0 spiro atoms. The van der Waals surface area contributed by atoms with Crippen LogP contribution in [-0.2, 0) is 22.6 Å². The Morgan fingerprint density at radius 2 is 1.53 bits per heavy atom. The van der Waals surface area contributed by atoms with Crippen LogP contribution in [0.25, 0.3) is 6.08 Å². The lowest BCUT2D eigenvalue weighted by Crippen LogP contribution is -2.47. The zero-order chi connectivity index (χ0) is 26.9. The third-order valence-corrected chi connectivity index (χ3v) is 4.33. The molecule has 0 radical (unpaired) electrons. The largest absolute Gasteiger partial charge is 0.489 e. The van der Waals surface area contributed by atoms with Gasteiger partial charge in [0.1, 0.15) is 29.4 Å². The second kappa shape index (κ2) is 12.2. The first-order valence-corrected chi connectivity index (χ1v) is 11.4. The van der Waals surface area contributed by atoms with Crippen LogP contribution in [0.15, 0.2) is 54.0 Å². The summed E-state index contributed by atoms with van der Waals surface area (Å²) in [7, 11) is 0. The van der Waals surface area contributed by atoms with Gasteiger partial charge in [0.25, 0.3) is 0 Å². The lowest BCUT2D eigenvalue weighted by molar-refractivity contribution is 0.0545. The Kier molecular flexibility index (Phi) is 9.60. The quantitative estimate of drug-likeness (QED) is 0.378. The van der Waals surface area contributed by atoms with Crippen molar-refractivity contribution in [1.82, 2.24) is 10.6 Å². The van der Waals surface area contributed by atoms with E-state index in [4.69, 9.17) is 14.2 Å². The Morgan fingerprint density at radius 3 is 2.08 bits per heavy atom. The molecule has 2 rings (SSSR count). The fourth-order valence-corrected chi connectivity index (χ4v) is 2.90. The number of hydrogen-bond acceptors (Lipinski definition) is 6. The zero-order valence-electron chi connectivity index (χ0n) is 21.6. The molecule has 0 saturated heterocycles. The molecule has 8 nitrogen and oxygen atoms in total. The van der Waals surface area contributed by atoms with E-state index < -0.39 is 23.4 Å². The summed E-state index contributed by atoms with van der Waals surface area (Å²) in [4.78, 5) is 28.9. The summed E-state index contributed by atoms with van der Waals surface area (Å²) in [5.74, 6) is -0.00931. The number of rotatable bonds is 6. The molecule has 9 heteroatoms. The Morgan fingerprint density at radius 1 is 0.944 bits per heavy atom. The van der Waals surface area contributed by atoms with Gasteiger partial charge in [-0.1, -0.05) is 36.9 Å². The molecule has 0 aromatic heterocycles. The molecule has 0 saturated carbocycles. The minimum Gasteiger partial charge on any atom is -0.489 e. The minimum atomic E-state index is -0.787. The lowest BCUT2D eigenvalue weighted by atomic mass is 10.1. The Balaban J connectivity index is 2.22. The molecule has 0 unspecified atom stereocenters. The van der Waals surface area contributed by atoms with Gasteiger partial charge in [-0.05, 0) is 70.9 Å². The van der Waals surface area contributed by atoms with Gasteiger partial charge in [0, 0.05) is 5.56 Å². The van der Waals surface area contributed by atoms with Gasteiger partial charge in [-0.3, -0.25) is 10.6 Å². The highest BCUT2D eigenvalue weighted by atomic mass is 19.1. The van der Waals surface area contributed by atoms with Crippen LogP contribution < -0.4 is 15.4 Å². The summed E-state index contributed by atoms with van der Waals surface area (Å²) in [6, 6.07) is 11.5. The Bertz CT molecular complexity index is 1090. The second-order valence-corrected chi connectivity index (χ2v) is 9.86. The second-order valence-electron chi connectivity index (χ2n) is 9.86. The fraction of sp³-hybridized carbons (Fsp3) is 0.370. The van der Waals surface area contributed by atoms with Crippen molar-refractivity contribution >= 4 is 24.2 Å². The normalized spacial score (nSPS) is 11.2. The lowest BCUT2D eigenvalue weighted by Gasteiger charge is -2.22. The first-order chi connectivity index (χ1) is 16.8. The number of alkyl carbamates (subject to hydrolysis) is 2. The highest BCUT2D eigenvalue weighted by molar-refractivity contribution is 6.01. The minimum absolute atomic E-state index is 0.0502. The van der Waals surface area contributed by atoms with Gasteiger partial charge in [0.2, 0.25) is 5.96 Å². The van der Waals surface area contributed by atoms with Crippen LogP contribution in [0, 0.1) is 5.82 Å². The van der Waals surface area contributed by atoms with E-state index in [0.717, 1.165) is 5.56 Å². The van der Waals surface area contributed by atoms with Gasteiger partial charge in [-0.15, -0.1) is 0 Å². The van der Waals surface area contributed by atoms with Crippen molar-refractivity contribution in [2.45, 2.75) is 65.9 Å². The van der Waals surface area contributed by atoms with Crippen LogP contribution in [-0.4, -0.2) is 29.3 Å². The molecule has 0 aliphatic carbocycles. The first kappa shape index (κ1) is 28.4. The fourth-order valence-electron chi connectivity index (χ4n) is 2.90. The molecule has 2 aromatic rings. The molecule has 0 heterocycles. The molecule has 194 valence electrons. The zero-order valence-corrected chi connectivity index (χ0v) is 21.6. The van der Waals surface area contributed by atoms with Crippen molar-refractivity contribution in [2.75, 3.05) is 0 Å². The van der Waals surface area contributed by atoms with E-state index in [1.54, 1.807) is 78.0 Å². The molecule has 0 atom stereocenters. The predicted molar refractivity (Wildman–Crippen MR) is 137 cm³/mol. The smallest absolute Gasteiger partial charge is 0.414 e. The standard InChI is InChI=1S/C27H34FN3O5/c1-8-18-13-14-21(28)15-20(18)17-34-22-12-10-9-11-19(22)16-29-23(30-24(32)35-26(2,3)4)31-25(33)36-27(5,6)7/h8-15H,1,16-17H2,2-7H3,(H2,29,30,31,32,33). The molecule has 0 aliphatic rings. The van der Waals surface area contributed by atoms with Crippen LogP contribution in [0.1, 0.15) is 58.2 Å². The number of nitrogens with zero attached hydrogens (tertiary/aromatic N) is 1. The number of para-hydroxylation sites is 1. The summed E-state index contributed by atoms with van der Waals surface area (Å²) < 4.78 is 30.2. The molecule has 36 heavy (non-hydrogen) atoms. The van der Waals surface area contributed by atoms with Gasteiger partial charge >= 0.3 is 12.2 Å². The Hall–Kier alpha value is -3.88. The van der Waals surface area contributed by atoms with Gasteiger partial charge in [-0.2, -0.15) is 0 Å². The van der Waals surface area contributed by atoms with Crippen molar-refractivity contribution in [3.05, 3.63) is 71.6 Å². The summed E-state index contributed by atoms with van der Waals surface area (Å²) in [5, 5.41) is 4.88. The maximum absolute atomic E-state index is 13.7. The number of nitrogens with one attached hydrogen (secondary N) is 2. The predicted octanol–water partition coefficient (Wildman–Crippen LogP) is 5.95. The van der Waals surface area contributed by atoms with Crippen LogP contribution in [0.2, 0.25) is 0 Å². The number of guanidine groups is 1. The van der Waals surface area contributed by atoms with Crippen LogP contribution in [0.5, 0.6) is 5.75 Å². The number of carbonyl (C=O) groups excluding carboxylic acids is 2. The summed E-state index contributed by atoms with van der Waals surface area (Å²) in [5.41, 5.74) is 0.578. The molecule has 0 fully saturated rings. The van der Waals surface area contributed by atoms with Gasteiger partial charge < -0.3 is 14.2 Å². The van der Waals surface area contributed by atoms with Gasteiger partial charge in [-0.25, -0.2) is 19.0 Å². The van der Waals surface area contributed by atoms with E-state index in [-0.39, 0.29) is 24.9 Å². The molecular weight excluding hydrogens is 465 g/mol. The van der Waals surface area contributed by atoms with Crippen molar-refractivity contribution in [2.24, 2.45) is 4.99 Å². The van der Waals surface area contributed by atoms with E-state index in [1.807, 2.05) is 0 Å². The maximum atomic E-state index is 13.7. The first-order valence-electron chi connectivity index (χ1n) is 11.4. The molecule has 2 amide bonds. The monoisotopic (exact) mass is 499 g/mol.